The Kier molecular flexibility index (Phi) is 3.94. The van der Waals surface area contributed by atoms with Gasteiger partial charge in [0, 0.05) is 24.8 Å². The number of nitriles is 1. The zero-order valence-electron chi connectivity index (χ0n) is 10.6. The first-order chi connectivity index (χ1) is 9.17. The van der Waals surface area contributed by atoms with Crippen LogP contribution in [0.2, 0.25) is 0 Å². The van der Waals surface area contributed by atoms with E-state index in [1.807, 2.05) is 25.3 Å². The highest BCUT2D eigenvalue weighted by Gasteiger charge is 2.04. The van der Waals surface area contributed by atoms with Crippen LogP contribution in [0.1, 0.15) is 17.7 Å². The summed E-state index contributed by atoms with van der Waals surface area (Å²) in [5.74, 6) is -0.0942. The lowest BCUT2D eigenvalue weighted by molar-refractivity contribution is -0.116. The molecule has 0 aliphatic carbocycles. The molecule has 1 aromatic heterocycles. The van der Waals surface area contributed by atoms with Gasteiger partial charge in [-0.25, -0.2) is 0 Å². The number of rotatable bonds is 4. The standard InChI is InChI=1S/C14H14N4O/c1-11-5-7-18(17-11)8-6-14(19)16-13-4-2-3-12(9-13)10-15/h2-5,7,9H,6,8H2,1H3,(H,16,19). The normalized spacial score (nSPS) is 9.89. The molecule has 0 saturated heterocycles. The third kappa shape index (κ3) is 3.68. The average Bonchev–Trinajstić information content (AvgIpc) is 2.82. The number of amides is 1. The number of anilines is 1. The van der Waals surface area contributed by atoms with Crippen LogP contribution in [0, 0.1) is 18.3 Å². The molecule has 0 unspecified atom stereocenters. The summed E-state index contributed by atoms with van der Waals surface area (Å²) in [5, 5.41) is 15.7. The van der Waals surface area contributed by atoms with E-state index in [0.717, 1.165) is 5.69 Å². The van der Waals surface area contributed by atoms with Crippen molar-refractivity contribution in [3.63, 3.8) is 0 Å². The maximum absolute atomic E-state index is 11.8. The Morgan fingerprint density at radius 1 is 1.47 bits per heavy atom. The zero-order chi connectivity index (χ0) is 13.7. The van der Waals surface area contributed by atoms with E-state index in [0.29, 0.717) is 24.2 Å². The van der Waals surface area contributed by atoms with Crippen LogP contribution in [0.25, 0.3) is 0 Å². The van der Waals surface area contributed by atoms with Crippen molar-refractivity contribution in [2.75, 3.05) is 5.32 Å². The number of hydrogen-bond acceptors (Lipinski definition) is 3. The minimum atomic E-state index is -0.0942. The van der Waals surface area contributed by atoms with Crippen LogP contribution < -0.4 is 5.32 Å². The number of nitrogens with zero attached hydrogens (tertiary/aromatic N) is 3. The first-order valence-corrected chi connectivity index (χ1v) is 5.97. The summed E-state index contributed by atoms with van der Waals surface area (Å²) in [7, 11) is 0. The molecule has 0 atom stereocenters. The smallest absolute Gasteiger partial charge is 0.226 e. The Morgan fingerprint density at radius 2 is 2.32 bits per heavy atom. The second kappa shape index (κ2) is 5.83. The van der Waals surface area contributed by atoms with Gasteiger partial charge in [0.2, 0.25) is 5.91 Å². The molecular weight excluding hydrogens is 240 g/mol. The number of carbonyl (C=O) groups excluding carboxylic acids is 1. The van der Waals surface area contributed by atoms with E-state index in [9.17, 15) is 4.79 Å². The molecule has 0 saturated carbocycles. The lowest BCUT2D eigenvalue weighted by Crippen LogP contribution is -2.14. The molecule has 0 aliphatic rings. The average molecular weight is 254 g/mol. The maximum Gasteiger partial charge on any atom is 0.226 e. The molecule has 1 heterocycles. The summed E-state index contributed by atoms with van der Waals surface area (Å²) in [6, 6.07) is 10.8. The molecule has 0 bridgehead atoms. The Bertz CT molecular complexity index is 624. The molecule has 1 amide bonds. The van der Waals surface area contributed by atoms with E-state index in [1.165, 1.54) is 0 Å². The second-order valence-corrected chi connectivity index (χ2v) is 4.21. The van der Waals surface area contributed by atoms with Gasteiger partial charge in [0.1, 0.15) is 0 Å². The van der Waals surface area contributed by atoms with Crippen LogP contribution >= 0.6 is 0 Å². The maximum atomic E-state index is 11.8. The molecule has 0 aliphatic heterocycles. The fraction of sp³-hybridized carbons (Fsp3) is 0.214. The minimum absolute atomic E-state index is 0.0942. The molecule has 2 aromatic rings. The first kappa shape index (κ1) is 12.8. The highest BCUT2D eigenvalue weighted by Crippen LogP contribution is 2.10. The molecule has 0 fully saturated rings. The van der Waals surface area contributed by atoms with Gasteiger partial charge in [-0.05, 0) is 31.2 Å². The van der Waals surface area contributed by atoms with Crippen LogP contribution in [0.4, 0.5) is 5.69 Å². The summed E-state index contributed by atoms with van der Waals surface area (Å²) in [6.07, 6.45) is 2.19. The highest BCUT2D eigenvalue weighted by molar-refractivity contribution is 5.90. The van der Waals surface area contributed by atoms with E-state index in [1.54, 1.807) is 28.9 Å². The number of nitrogens with one attached hydrogen (secondary N) is 1. The minimum Gasteiger partial charge on any atom is -0.326 e. The molecular formula is C14H14N4O. The van der Waals surface area contributed by atoms with Gasteiger partial charge in [-0.3, -0.25) is 9.48 Å². The third-order valence-corrected chi connectivity index (χ3v) is 2.62. The molecule has 1 aromatic carbocycles. The third-order valence-electron chi connectivity index (χ3n) is 2.62. The predicted molar refractivity (Wildman–Crippen MR) is 71.4 cm³/mol. The summed E-state index contributed by atoms with van der Waals surface area (Å²) >= 11 is 0. The molecule has 5 nitrogen and oxygen atoms in total. The predicted octanol–water partition coefficient (Wildman–Crippen LogP) is 2.09. The Labute approximate surface area is 111 Å². The van der Waals surface area contributed by atoms with Crippen LogP contribution in [-0.4, -0.2) is 15.7 Å². The van der Waals surface area contributed by atoms with Gasteiger partial charge in [0.25, 0.3) is 0 Å². The lowest BCUT2D eigenvalue weighted by atomic mass is 10.2. The SMILES string of the molecule is Cc1ccn(CCC(=O)Nc2cccc(C#N)c2)n1. The van der Waals surface area contributed by atoms with Crippen molar-refractivity contribution in [2.45, 2.75) is 19.9 Å². The second-order valence-electron chi connectivity index (χ2n) is 4.21. The monoisotopic (exact) mass is 254 g/mol. The van der Waals surface area contributed by atoms with Crippen molar-refractivity contribution < 1.29 is 4.79 Å². The molecule has 96 valence electrons. The fourth-order valence-corrected chi connectivity index (χ4v) is 1.69. The number of aryl methyl sites for hydroxylation is 2. The van der Waals surface area contributed by atoms with Crippen molar-refractivity contribution in [1.29, 1.82) is 5.26 Å². The van der Waals surface area contributed by atoms with E-state index in [-0.39, 0.29) is 5.91 Å². The van der Waals surface area contributed by atoms with Gasteiger partial charge in [-0.1, -0.05) is 6.07 Å². The van der Waals surface area contributed by atoms with Crippen molar-refractivity contribution in [2.24, 2.45) is 0 Å². The van der Waals surface area contributed by atoms with E-state index in [4.69, 9.17) is 5.26 Å². The number of carbonyl (C=O) groups is 1. The summed E-state index contributed by atoms with van der Waals surface area (Å²) in [5.41, 5.74) is 2.10. The quantitative estimate of drug-likeness (QED) is 0.908. The number of benzene rings is 1. The molecule has 19 heavy (non-hydrogen) atoms. The van der Waals surface area contributed by atoms with Crippen LogP contribution in [-0.2, 0) is 11.3 Å². The summed E-state index contributed by atoms with van der Waals surface area (Å²) < 4.78 is 1.74. The Hall–Kier alpha value is -2.61. The van der Waals surface area contributed by atoms with Gasteiger partial charge in [-0.2, -0.15) is 10.4 Å². The Morgan fingerprint density at radius 3 is 3.00 bits per heavy atom. The molecule has 0 spiro atoms. The highest BCUT2D eigenvalue weighted by atomic mass is 16.1. The first-order valence-electron chi connectivity index (χ1n) is 5.97. The van der Waals surface area contributed by atoms with Crippen LogP contribution in [0.5, 0.6) is 0 Å². The van der Waals surface area contributed by atoms with Gasteiger partial charge >= 0.3 is 0 Å². The lowest BCUT2D eigenvalue weighted by Gasteiger charge is -2.05. The van der Waals surface area contributed by atoms with Crippen LogP contribution in [0.3, 0.4) is 0 Å². The molecule has 5 heteroatoms. The molecule has 2 rings (SSSR count). The zero-order valence-corrected chi connectivity index (χ0v) is 10.6. The van der Waals surface area contributed by atoms with Crippen molar-refractivity contribution in [1.82, 2.24) is 9.78 Å². The Balaban J connectivity index is 1.89. The van der Waals surface area contributed by atoms with E-state index >= 15 is 0 Å². The summed E-state index contributed by atoms with van der Waals surface area (Å²) in [4.78, 5) is 11.8. The largest absolute Gasteiger partial charge is 0.326 e. The van der Waals surface area contributed by atoms with E-state index < -0.39 is 0 Å². The van der Waals surface area contributed by atoms with Crippen molar-refractivity contribution in [3.8, 4) is 6.07 Å². The topological polar surface area (TPSA) is 70.7 Å². The number of hydrogen-bond donors (Lipinski definition) is 1. The fourth-order valence-electron chi connectivity index (χ4n) is 1.69. The van der Waals surface area contributed by atoms with Crippen molar-refractivity contribution in [3.05, 3.63) is 47.8 Å². The van der Waals surface area contributed by atoms with Gasteiger partial charge in [0.15, 0.2) is 0 Å². The van der Waals surface area contributed by atoms with Gasteiger partial charge in [-0.15, -0.1) is 0 Å². The molecule has 0 radical (unpaired) electrons. The van der Waals surface area contributed by atoms with Gasteiger partial charge in [0.05, 0.1) is 17.3 Å². The van der Waals surface area contributed by atoms with Crippen molar-refractivity contribution >= 4 is 11.6 Å². The summed E-state index contributed by atoms with van der Waals surface area (Å²) in [6.45, 7) is 2.45. The van der Waals surface area contributed by atoms with E-state index in [2.05, 4.69) is 10.4 Å². The molecule has 1 N–H and O–H groups in total. The number of aromatic nitrogens is 2. The van der Waals surface area contributed by atoms with Gasteiger partial charge < -0.3 is 5.32 Å². The van der Waals surface area contributed by atoms with Crippen LogP contribution in [0.15, 0.2) is 36.5 Å².